The van der Waals surface area contributed by atoms with Crippen LogP contribution in [0.1, 0.15) is 44.9 Å². The van der Waals surface area contributed by atoms with Crippen LogP contribution < -0.4 is 5.32 Å². The average Bonchev–Trinajstić information content (AvgIpc) is 2.76. The molecule has 0 aromatic heterocycles. The van der Waals surface area contributed by atoms with E-state index in [0.717, 1.165) is 43.1 Å². The van der Waals surface area contributed by atoms with Gasteiger partial charge < -0.3 is 10.2 Å². The van der Waals surface area contributed by atoms with Gasteiger partial charge in [-0.3, -0.25) is 9.59 Å². The van der Waals surface area contributed by atoms with Crippen molar-refractivity contribution >= 4 is 21.8 Å². The molecule has 1 aromatic rings. The van der Waals surface area contributed by atoms with E-state index in [1.165, 1.54) is 41.8 Å². The fourth-order valence-corrected chi connectivity index (χ4v) is 8.65. The van der Waals surface area contributed by atoms with E-state index in [1.807, 2.05) is 0 Å². The molecular formula is C24H32FN3O4S. The van der Waals surface area contributed by atoms with E-state index >= 15 is 0 Å². The maximum atomic E-state index is 14.0. The van der Waals surface area contributed by atoms with Crippen LogP contribution in [-0.2, 0) is 19.6 Å². The molecule has 0 radical (unpaired) electrons. The molecular weight excluding hydrogens is 445 g/mol. The molecule has 1 aliphatic heterocycles. The SMILES string of the molecule is O=C(CC12CC3CC(CC(C3)C1)C2)NCC(=O)N1CCN(S(=O)(=O)c2ccccc2F)CC1. The normalized spacial score (nSPS) is 31.5. The first-order chi connectivity index (χ1) is 15.7. The number of carbonyl (C=O) groups is 2. The molecule has 1 saturated heterocycles. The standard InChI is InChI=1S/C24H32FN3O4S/c25-20-3-1-2-4-21(20)33(31,32)28-7-5-27(6-8-28)23(30)16-26-22(29)15-24-12-17-9-18(13-24)11-19(10-17)14-24/h1-4,17-19H,5-16H2,(H,26,29). The number of rotatable bonds is 6. The average molecular weight is 478 g/mol. The molecule has 1 aromatic carbocycles. The van der Waals surface area contributed by atoms with Crippen LogP contribution in [-0.4, -0.2) is 62.2 Å². The van der Waals surface area contributed by atoms with E-state index in [-0.39, 0.29) is 54.8 Å². The third kappa shape index (κ3) is 4.54. The van der Waals surface area contributed by atoms with E-state index in [1.54, 1.807) is 4.90 Å². The van der Waals surface area contributed by atoms with Crippen LogP contribution in [0, 0.1) is 29.0 Å². The molecule has 1 heterocycles. The topological polar surface area (TPSA) is 86.8 Å². The number of hydrogen-bond donors (Lipinski definition) is 1. The van der Waals surface area contributed by atoms with E-state index in [9.17, 15) is 22.4 Å². The number of carbonyl (C=O) groups excluding carboxylic acids is 2. The van der Waals surface area contributed by atoms with Crippen LogP contribution in [0.25, 0.3) is 0 Å². The zero-order chi connectivity index (χ0) is 23.2. The van der Waals surface area contributed by atoms with Crippen molar-refractivity contribution < 1.29 is 22.4 Å². The Morgan fingerprint density at radius 3 is 2.12 bits per heavy atom. The van der Waals surface area contributed by atoms with Crippen molar-refractivity contribution in [1.29, 1.82) is 0 Å². The van der Waals surface area contributed by atoms with Gasteiger partial charge in [0.25, 0.3) is 0 Å². The summed E-state index contributed by atoms with van der Waals surface area (Å²) in [6, 6.07) is 5.31. The maximum Gasteiger partial charge on any atom is 0.246 e. The maximum absolute atomic E-state index is 14.0. The second-order valence-electron chi connectivity index (χ2n) is 10.6. The van der Waals surface area contributed by atoms with E-state index in [4.69, 9.17) is 0 Å². The Kier molecular flexibility index (Phi) is 5.97. The summed E-state index contributed by atoms with van der Waals surface area (Å²) in [5.41, 5.74) is 0.134. The summed E-state index contributed by atoms with van der Waals surface area (Å²) in [5, 5.41) is 2.82. The van der Waals surface area contributed by atoms with Crippen LogP contribution in [0.5, 0.6) is 0 Å². The summed E-state index contributed by atoms with van der Waals surface area (Å²) in [6.45, 7) is 0.577. The molecule has 0 atom stereocenters. The Morgan fingerprint density at radius 2 is 1.55 bits per heavy atom. The van der Waals surface area contributed by atoms with Crippen molar-refractivity contribution in [2.75, 3.05) is 32.7 Å². The number of hydrogen-bond acceptors (Lipinski definition) is 4. The molecule has 180 valence electrons. The lowest BCUT2D eigenvalue weighted by molar-refractivity contribution is -0.136. The Morgan fingerprint density at radius 1 is 0.970 bits per heavy atom. The molecule has 4 aliphatic carbocycles. The van der Waals surface area contributed by atoms with Crippen molar-refractivity contribution in [3.63, 3.8) is 0 Å². The van der Waals surface area contributed by atoms with Gasteiger partial charge in [-0.25, -0.2) is 12.8 Å². The first kappa shape index (κ1) is 22.8. The number of benzene rings is 1. The summed E-state index contributed by atoms with van der Waals surface area (Å²) in [4.78, 5) is 26.5. The lowest BCUT2D eigenvalue weighted by Gasteiger charge is -2.56. The van der Waals surface area contributed by atoms with E-state index in [0.29, 0.717) is 6.42 Å². The highest BCUT2D eigenvalue weighted by molar-refractivity contribution is 7.89. The van der Waals surface area contributed by atoms with Crippen LogP contribution in [0.15, 0.2) is 29.2 Å². The van der Waals surface area contributed by atoms with Gasteiger partial charge in [-0.2, -0.15) is 4.31 Å². The highest BCUT2D eigenvalue weighted by Crippen LogP contribution is 2.61. The summed E-state index contributed by atoms with van der Waals surface area (Å²) < 4.78 is 40.6. The molecule has 33 heavy (non-hydrogen) atoms. The van der Waals surface area contributed by atoms with Crippen LogP contribution in [0.3, 0.4) is 0 Å². The van der Waals surface area contributed by atoms with Gasteiger partial charge in [0.15, 0.2) is 0 Å². The highest BCUT2D eigenvalue weighted by atomic mass is 32.2. The third-order valence-corrected chi connectivity index (χ3v) is 10.1. The lowest BCUT2D eigenvalue weighted by Crippen LogP contribution is -2.53. The first-order valence-corrected chi connectivity index (χ1v) is 13.5. The monoisotopic (exact) mass is 477 g/mol. The minimum atomic E-state index is -3.94. The second-order valence-corrected chi connectivity index (χ2v) is 12.5. The summed E-state index contributed by atoms with van der Waals surface area (Å²) in [7, 11) is -3.94. The largest absolute Gasteiger partial charge is 0.347 e. The Hall–Kier alpha value is -2.00. The zero-order valence-electron chi connectivity index (χ0n) is 18.8. The van der Waals surface area contributed by atoms with Gasteiger partial charge >= 0.3 is 0 Å². The second kappa shape index (κ2) is 8.65. The van der Waals surface area contributed by atoms with Gasteiger partial charge in [0.2, 0.25) is 21.8 Å². The van der Waals surface area contributed by atoms with Gasteiger partial charge in [0, 0.05) is 32.6 Å². The summed E-state index contributed by atoms with van der Waals surface area (Å²) >= 11 is 0. The third-order valence-electron chi connectivity index (χ3n) is 8.18. The Labute approximate surface area is 194 Å². The van der Waals surface area contributed by atoms with Crippen molar-refractivity contribution in [2.45, 2.75) is 49.8 Å². The summed E-state index contributed by atoms with van der Waals surface area (Å²) in [5.74, 6) is 1.30. The molecule has 4 saturated carbocycles. The fourth-order valence-electron chi connectivity index (χ4n) is 7.17. The van der Waals surface area contributed by atoms with Crippen molar-refractivity contribution in [3.05, 3.63) is 30.1 Å². The number of amides is 2. The van der Waals surface area contributed by atoms with E-state index < -0.39 is 15.8 Å². The van der Waals surface area contributed by atoms with Gasteiger partial charge in [0.05, 0.1) is 6.54 Å². The van der Waals surface area contributed by atoms with Crippen LogP contribution >= 0.6 is 0 Å². The molecule has 9 heteroatoms. The molecule has 7 nitrogen and oxygen atoms in total. The fraction of sp³-hybridized carbons (Fsp3) is 0.667. The number of halogens is 1. The lowest BCUT2D eigenvalue weighted by atomic mass is 9.49. The number of piperazine rings is 1. The number of sulfonamides is 1. The smallest absolute Gasteiger partial charge is 0.246 e. The minimum Gasteiger partial charge on any atom is -0.347 e. The van der Waals surface area contributed by atoms with Crippen molar-refractivity contribution in [1.82, 2.24) is 14.5 Å². The van der Waals surface area contributed by atoms with Gasteiger partial charge in [-0.1, -0.05) is 12.1 Å². The molecule has 0 spiro atoms. The molecule has 0 unspecified atom stereocenters. The first-order valence-electron chi connectivity index (χ1n) is 12.0. The van der Waals surface area contributed by atoms with Gasteiger partial charge in [-0.05, 0) is 73.8 Å². The highest BCUT2D eigenvalue weighted by Gasteiger charge is 2.51. The Bertz CT molecular complexity index is 1000. The predicted molar refractivity (Wildman–Crippen MR) is 120 cm³/mol. The van der Waals surface area contributed by atoms with Crippen molar-refractivity contribution in [3.8, 4) is 0 Å². The van der Waals surface area contributed by atoms with Crippen LogP contribution in [0.2, 0.25) is 0 Å². The van der Waals surface area contributed by atoms with E-state index in [2.05, 4.69) is 5.32 Å². The number of nitrogens with zero attached hydrogens (tertiary/aromatic N) is 2. The molecule has 4 bridgehead atoms. The minimum absolute atomic E-state index is 0.0499. The molecule has 5 fully saturated rings. The predicted octanol–water partition coefficient (Wildman–Crippen LogP) is 2.38. The molecule has 2 amide bonds. The summed E-state index contributed by atoms with van der Waals surface area (Å²) in [6.07, 6.45) is 7.96. The molecule has 1 N–H and O–H groups in total. The molecule has 5 aliphatic rings. The zero-order valence-corrected chi connectivity index (χ0v) is 19.7. The quantitative estimate of drug-likeness (QED) is 0.682. The van der Waals surface area contributed by atoms with Gasteiger partial charge in [0.1, 0.15) is 10.7 Å². The van der Waals surface area contributed by atoms with Crippen molar-refractivity contribution in [2.24, 2.45) is 23.2 Å². The van der Waals surface area contributed by atoms with Crippen LogP contribution in [0.4, 0.5) is 4.39 Å². The van der Waals surface area contributed by atoms with Gasteiger partial charge in [-0.15, -0.1) is 0 Å². The Balaban J connectivity index is 1.10. The number of nitrogens with one attached hydrogen (secondary N) is 1. The molecule has 6 rings (SSSR count).